The zero-order valence-electron chi connectivity index (χ0n) is 9.07. The number of hydrogen-bond acceptors (Lipinski definition) is 5. The average molecular weight is 228 g/mol. The number of nitrogens with zero attached hydrogens (tertiary/aromatic N) is 2. The standard InChI is InChI=1S/C11H12N6/c12-5-9-10(14)16-17-11(9)15-6-7-1-3-8(13)4-2-7/h1-4H,6,13H2,(H4,14,15,16,17). The Hall–Kier alpha value is -2.68. The van der Waals surface area contributed by atoms with Crippen LogP contribution in [-0.4, -0.2) is 10.2 Å². The molecule has 1 aromatic heterocycles. The highest BCUT2D eigenvalue weighted by Gasteiger charge is 2.09. The topological polar surface area (TPSA) is 117 Å². The Balaban J connectivity index is 2.08. The minimum Gasteiger partial charge on any atom is -0.399 e. The van der Waals surface area contributed by atoms with Crippen LogP contribution in [0.3, 0.4) is 0 Å². The molecule has 0 bridgehead atoms. The second-order valence-electron chi connectivity index (χ2n) is 3.57. The summed E-state index contributed by atoms with van der Waals surface area (Å²) < 4.78 is 0. The Morgan fingerprint density at radius 2 is 2.00 bits per heavy atom. The minimum atomic E-state index is 0.271. The largest absolute Gasteiger partial charge is 0.399 e. The zero-order chi connectivity index (χ0) is 12.3. The van der Waals surface area contributed by atoms with Gasteiger partial charge in [0.1, 0.15) is 17.5 Å². The van der Waals surface area contributed by atoms with Crippen LogP contribution in [0.2, 0.25) is 0 Å². The quantitative estimate of drug-likeness (QED) is 0.586. The van der Waals surface area contributed by atoms with E-state index in [-0.39, 0.29) is 5.82 Å². The molecule has 1 aromatic carbocycles. The third kappa shape index (κ3) is 2.29. The molecule has 86 valence electrons. The van der Waals surface area contributed by atoms with Crippen LogP contribution >= 0.6 is 0 Å². The number of H-pyrrole nitrogens is 1. The van der Waals surface area contributed by atoms with Gasteiger partial charge in [0.2, 0.25) is 0 Å². The van der Waals surface area contributed by atoms with Crippen LogP contribution in [0.15, 0.2) is 24.3 Å². The summed E-state index contributed by atoms with van der Waals surface area (Å²) in [5.74, 6) is 0.731. The number of hydrogen-bond donors (Lipinski definition) is 4. The van der Waals surface area contributed by atoms with Gasteiger partial charge in [0.15, 0.2) is 5.82 Å². The van der Waals surface area contributed by atoms with Gasteiger partial charge in [-0.1, -0.05) is 12.1 Å². The first-order valence-corrected chi connectivity index (χ1v) is 5.03. The fraction of sp³-hybridized carbons (Fsp3) is 0.0909. The highest BCUT2D eigenvalue weighted by molar-refractivity contribution is 5.62. The number of rotatable bonds is 3. The predicted molar refractivity (Wildman–Crippen MR) is 65.9 cm³/mol. The molecule has 17 heavy (non-hydrogen) atoms. The van der Waals surface area contributed by atoms with E-state index in [2.05, 4.69) is 15.5 Å². The lowest BCUT2D eigenvalue weighted by Crippen LogP contribution is -2.01. The summed E-state index contributed by atoms with van der Waals surface area (Å²) >= 11 is 0. The maximum atomic E-state index is 8.88. The number of benzene rings is 1. The number of nitrogen functional groups attached to an aromatic ring is 2. The van der Waals surface area contributed by atoms with Crippen molar-refractivity contribution >= 4 is 17.3 Å². The summed E-state index contributed by atoms with van der Waals surface area (Å²) in [6.45, 7) is 0.555. The number of aromatic amines is 1. The van der Waals surface area contributed by atoms with E-state index in [1.807, 2.05) is 30.3 Å². The van der Waals surface area contributed by atoms with Gasteiger partial charge in [0.25, 0.3) is 0 Å². The fourth-order valence-electron chi connectivity index (χ4n) is 1.42. The molecule has 0 saturated carbocycles. The molecule has 0 atom stereocenters. The summed E-state index contributed by atoms with van der Waals surface area (Å²) in [4.78, 5) is 0. The molecule has 0 unspecified atom stereocenters. The normalized spacial score (nSPS) is 9.82. The average Bonchev–Trinajstić information content (AvgIpc) is 2.69. The van der Waals surface area contributed by atoms with E-state index in [0.29, 0.717) is 17.9 Å². The summed E-state index contributed by atoms with van der Waals surface area (Å²) in [6, 6.07) is 9.44. The Labute approximate surface area is 98.2 Å². The minimum absolute atomic E-state index is 0.271. The van der Waals surface area contributed by atoms with E-state index in [1.54, 1.807) is 0 Å². The van der Waals surface area contributed by atoms with Gasteiger partial charge in [-0.15, -0.1) is 0 Å². The number of anilines is 3. The Morgan fingerprint density at radius 3 is 2.65 bits per heavy atom. The number of aromatic nitrogens is 2. The zero-order valence-corrected chi connectivity index (χ0v) is 9.07. The first-order valence-electron chi connectivity index (χ1n) is 5.03. The van der Waals surface area contributed by atoms with Crippen molar-refractivity contribution in [3.8, 4) is 6.07 Å². The molecule has 0 saturated heterocycles. The molecule has 0 aliphatic rings. The van der Waals surface area contributed by atoms with Crippen molar-refractivity contribution in [2.75, 3.05) is 16.8 Å². The van der Waals surface area contributed by atoms with Crippen molar-refractivity contribution in [3.63, 3.8) is 0 Å². The maximum absolute atomic E-state index is 8.88. The van der Waals surface area contributed by atoms with Gasteiger partial charge in [-0.05, 0) is 17.7 Å². The van der Waals surface area contributed by atoms with Crippen molar-refractivity contribution in [3.05, 3.63) is 35.4 Å². The Kier molecular flexibility index (Phi) is 2.83. The molecule has 1 heterocycles. The van der Waals surface area contributed by atoms with Gasteiger partial charge in [0, 0.05) is 12.2 Å². The molecular weight excluding hydrogens is 216 g/mol. The molecule has 0 spiro atoms. The molecule has 0 radical (unpaired) electrons. The van der Waals surface area contributed by atoms with E-state index >= 15 is 0 Å². The van der Waals surface area contributed by atoms with Crippen molar-refractivity contribution in [1.82, 2.24) is 10.2 Å². The molecule has 0 aliphatic carbocycles. The molecule has 2 aromatic rings. The highest BCUT2D eigenvalue weighted by Crippen LogP contribution is 2.17. The molecular formula is C11H12N6. The number of nitriles is 1. The van der Waals surface area contributed by atoms with Gasteiger partial charge in [-0.25, -0.2) is 0 Å². The van der Waals surface area contributed by atoms with Gasteiger partial charge in [-0.2, -0.15) is 10.4 Å². The van der Waals surface area contributed by atoms with Crippen molar-refractivity contribution in [2.45, 2.75) is 6.54 Å². The van der Waals surface area contributed by atoms with Crippen LogP contribution in [-0.2, 0) is 6.54 Å². The molecule has 0 amide bonds. The molecule has 0 aliphatic heterocycles. The second-order valence-corrected chi connectivity index (χ2v) is 3.57. The lowest BCUT2D eigenvalue weighted by Gasteiger charge is -2.03. The third-order valence-corrected chi connectivity index (χ3v) is 2.35. The van der Waals surface area contributed by atoms with Crippen LogP contribution < -0.4 is 16.8 Å². The highest BCUT2D eigenvalue weighted by atomic mass is 15.2. The molecule has 6 heteroatoms. The van der Waals surface area contributed by atoms with E-state index in [1.165, 1.54) is 0 Å². The van der Waals surface area contributed by atoms with E-state index in [4.69, 9.17) is 16.7 Å². The van der Waals surface area contributed by atoms with Crippen LogP contribution in [0.25, 0.3) is 0 Å². The lowest BCUT2D eigenvalue weighted by molar-refractivity contribution is 1.05. The van der Waals surface area contributed by atoms with Crippen LogP contribution in [0.5, 0.6) is 0 Å². The first-order chi connectivity index (χ1) is 8.20. The summed E-state index contributed by atoms with van der Waals surface area (Å²) in [5.41, 5.74) is 13.2. The van der Waals surface area contributed by atoms with Crippen LogP contribution in [0.1, 0.15) is 11.1 Å². The van der Waals surface area contributed by atoms with Crippen LogP contribution in [0, 0.1) is 11.3 Å². The summed E-state index contributed by atoms with van der Waals surface area (Å²) in [6.07, 6.45) is 0. The van der Waals surface area contributed by atoms with Gasteiger partial charge in [0.05, 0.1) is 0 Å². The van der Waals surface area contributed by atoms with Crippen LogP contribution in [0.4, 0.5) is 17.3 Å². The Morgan fingerprint density at radius 1 is 1.29 bits per heavy atom. The maximum Gasteiger partial charge on any atom is 0.168 e. The second kappa shape index (κ2) is 4.45. The Bertz CT molecular complexity index is 548. The van der Waals surface area contributed by atoms with Crippen molar-refractivity contribution in [2.24, 2.45) is 0 Å². The summed E-state index contributed by atoms with van der Waals surface area (Å²) in [7, 11) is 0. The van der Waals surface area contributed by atoms with Crippen molar-refractivity contribution in [1.29, 1.82) is 5.26 Å². The molecule has 0 fully saturated rings. The van der Waals surface area contributed by atoms with E-state index in [9.17, 15) is 0 Å². The van der Waals surface area contributed by atoms with Gasteiger partial charge < -0.3 is 16.8 Å². The third-order valence-electron chi connectivity index (χ3n) is 2.35. The van der Waals surface area contributed by atoms with E-state index in [0.717, 1.165) is 11.3 Å². The summed E-state index contributed by atoms with van der Waals surface area (Å²) in [5, 5.41) is 18.4. The smallest absolute Gasteiger partial charge is 0.168 e. The molecule has 6 nitrogen and oxygen atoms in total. The number of nitrogens with one attached hydrogen (secondary N) is 2. The fourth-order valence-corrected chi connectivity index (χ4v) is 1.42. The first kappa shape index (κ1) is 10.8. The van der Waals surface area contributed by atoms with E-state index < -0.39 is 0 Å². The van der Waals surface area contributed by atoms with Gasteiger partial charge in [-0.3, -0.25) is 5.10 Å². The predicted octanol–water partition coefficient (Wildman–Crippen LogP) is 1.06. The lowest BCUT2D eigenvalue weighted by atomic mass is 10.2. The number of nitrogens with two attached hydrogens (primary N) is 2. The molecule has 2 rings (SSSR count). The monoisotopic (exact) mass is 228 g/mol. The van der Waals surface area contributed by atoms with Gasteiger partial charge >= 0.3 is 0 Å². The SMILES string of the molecule is N#Cc1c(NCc2ccc(N)cc2)n[nH]c1N. The molecule has 6 N–H and O–H groups in total. The van der Waals surface area contributed by atoms with Crippen molar-refractivity contribution < 1.29 is 0 Å².